The summed E-state index contributed by atoms with van der Waals surface area (Å²) in [4.78, 5) is 43.4. The van der Waals surface area contributed by atoms with Crippen molar-refractivity contribution in [2.24, 2.45) is 0 Å². The van der Waals surface area contributed by atoms with Crippen molar-refractivity contribution in [1.29, 1.82) is 5.26 Å². The van der Waals surface area contributed by atoms with Crippen LogP contribution in [0, 0.1) is 11.3 Å². The number of amides is 2. The van der Waals surface area contributed by atoms with E-state index in [0.717, 1.165) is 46.4 Å². The number of likely N-dealkylation sites (N-methyl/N-ethyl adjacent to an activating group) is 1. The van der Waals surface area contributed by atoms with Crippen LogP contribution in [-0.2, 0) is 27.2 Å². The Morgan fingerprint density at radius 2 is 1.90 bits per heavy atom. The van der Waals surface area contributed by atoms with E-state index in [0.29, 0.717) is 44.9 Å². The minimum Gasteiger partial charge on any atom is -0.467 e. The average molecular weight is 698 g/mol. The number of ether oxygens (including phenoxy) is 4. The number of carbonyl (C=O) groups is 2. The lowest BCUT2D eigenvalue weighted by Crippen LogP contribution is -2.55. The molecule has 270 valence electrons. The molecule has 2 fully saturated rings. The highest BCUT2D eigenvalue weighted by Gasteiger charge is 2.51. The molecule has 1 aliphatic carbocycles. The lowest BCUT2D eigenvalue weighted by molar-refractivity contribution is -0.128. The molecule has 51 heavy (non-hydrogen) atoms. The first-order valence-corrected chi connectivity index (χ1v) is 17.4. The van der Waals surface area contributed by atoms with Crippen molar-refractivity contribution in [2.45, 2.75) is 70.2 Å². The fraction of sp³-hybridized carbons (Fsp3) is 0.500. The van der Waals surface area contributed by atoms with Crippen LogP contribution in [0.1, 0.15) is 51.3 Å². The molecule has 0 spiro atoms. The molecule has 2 aliphatic heterocycles. The molecule has 1 saturated carbocycles. The van der Waals surface area contributed by atoms with Crippen LogP contribution < -0.4 is 19.3 Å². The van der Waals surface area contributed by atoms with Gasteiger partial charge in [-0.15, -0.1) is 0 Å². The number of fused-ring (bicyclic) bond motifs is 2. The lowest BCUT2D eigenvalue weighted by Gasteiger charge is -2.42. The predicted octanol–water partition coefficient (Wildman–Crippen LogP) is 5.07. The van der Waals surface area contributed by atoms with E-state index in [1.165, 1.54) is 6.08 Å². The van der Waals surface area contributed by atoms with Crippen LogP contribution in [0.2, 0.25) is 0 Å². The highest BCUT2D eigenvalue weighted by atomic mass is 16.7. The Morgan fingerprint density at radius 3 is 2.61 bits per heavy atom. The van der Waals surface area contributed by atoms with Crippen LogP contribution in [0.25, 0.3) is 10.8 Å². The number of piperazine rings is 1. The van der Waals surface area contributed by atoms with Crippen molar-refractivity contribution in [1.82, 2.24) is 19.8 Å². The highest BCUT2D eigenvalue weighted by Crippen LogP contribution is 2.42. The Bertz CT molecular complexity index is 1830. The van der Waals surface area contributed by atoms with Gasteiger partial charge in [0.1, 0.15) is 23.8 Å². The van der Waals surface area contributed by atoms with E-state index in [-0.39, 0.29) is 37.8 Å². The average Bonchev–Trinajstić information content (AvgIpc) is 3.92. The molecule has 3 aliphatic rings. The van der Waals surface area contributed by atoms with E-state index < -0.39 is 17.2 Å². The molecule has 3 heterocycles. The zero-order valence-electron chi connectivity index (χ0n) is 30.2. The summed E-state index contributed by atoms with van der Waals surface area (Å²) >= 11 is 0. The Balaban J connectivity index is 1.33. The van der Waals surface area contributed by atoms with Crippen molar-refractivity contribution in [3.8, 4) is 17.8 Å². The van der Waals surface area contributed by atoms with Gasteiger partial charge in [0.05, 0.1) is 36.3 Å². The van der Waals surface area contributed by atoms with Gasteiger partial charge >= 0.3 is 12.1 Å². The zero-order chi connectivity index (χ0) is 36.3. The molecule has 0 unspecified atom stereocenters. The highest BCUT2D eigenvalue weighted by molar-refractivity contribution is 5.96. The lowest BCUT2D eigenvalue weighted by atomic mass is 10.0. The van der Waals surface area contributed by atoms with Gasteiger partial charge < -0.3 is 38.5 Å². The molecule has 6 rings (SSSR count). The quantitative estimate of drug-likeness (QED) is 0.196. The molecular formula is C38H47N7O6. The summed E-state index contributed by atoms with van der Waals surface area (Å²) in [6.07, 6.45) is 3.31. The monoisotopic (exact) mass is 697 g/mol. The summed E-state index contributed by atoms with van der Waals surface area (Å²) in [5.74, 6) is 1.27. The molecule has 0 radical (unpaired) electrons. The van der Waals surface area contributed by atoms with Crippen LogP contribution in [0.5, 0.6) is 11.8 Å². The normalized spacial score (nSPS) is 18.0. The Kier molecular flexibility index (Phi) is 10.3. The maximum atomic E-state index is 13.0. The fourth-order valence-electron chi connectivity index (χ4n) is 6.83. The molecule has 13 nitrogen and oxygen atoms in total. The molecular weight excluding hydrogens is 650 g/mol. The van der Waals surface area contributed by atoms with Gasteiger partial charge in [-0.3, -0.25) is 4.79 Å². The summed E-state index contributed by atoms with van der Waals surface area (Å²) in [7, 11) is 3.34. The zero-order valence-corrected chi connectivity index (χ0v) is 30.2. The number of hydrogen-bond donors (Lipinski definition) is 0. The summed E-state index contributed by atoms with van der Waals surface area (Å²) in [6.45, 7) is 12.2. The number of nitriles is 1. The summed E-state index contributed by atoms with van der Waals surface area (Å²) < 4.78 is 23.1. The Hall–Kier alpha value is -5.09. The first-order chi connectivity index (χ1) is 24.4. The maximum Gasteiger partial charge on any atom is 0.410 e. The molecule has 0 N–H and O–H groups in total. The summed E-state index contributed by atoms with van der Waals surface area (Å²) in [6, 6.07) is 14.4. The summed E-state index contributed by atoms with van der Waals surface area (Å²) in [5, 5.41) is 11.8. The number of methoxy groups -OCH3 is 1. The van der Waals surface area contributed by atoms with Crippen LogP contribution in [0.4, 0.5) is 16.3 Å². The second kappa shape index (κ2) is 14.6. The number of carbonyl (C=O) groups excluding carboxylic acids is 2. The molecule has 2 aromatic carbocycles. The van der Waals surface area contributed by atoms with Gasteiger partial charge in [-0.05, 0) is 57.6 Å². The van der Waals surface area contributed by atoms with Crippen LogP contribution in [0.15, 0.2) is 49.1 Å². The van der Waals surface area contributed by atoms with Gasteiger partial charge in [0.25, 0.3) is 0 Å². The SMILES string of the molecule is C=CC(=O)N1CCN(c2nc(OCC3(N(C)C(=O)OC(C)(C)C)CC3)nc3c2CCN(c2cc(OCOC)cc4ccccc24)C3)C[C@@H]1CC#N. The Morgan fingerprint density at radius 1 is 1.12 bits per heavy atom. The van der Waals surface area contributed by atoms with Crippen molar-refractivity contribution in [3.05, 3.63) is 60.3 Å². The molecule has 2 amide bonds. The van der Waals surface area contributed by atoms with Gasteiger partial charge in [-0.1, -0.05) is 30.8 Å². The number of benzene rings is 2. The third kappa shape index (κ3) is 7.81. The van der Waals surface area contributed by atoms with Gasteiger partial charge in [0.15, 0.2) is 6.79 Å². The second-order valence-electron chi connectivity index (χ2n) is 14.4. The van der Waals surface area contributed by atoms with E-state index in [9.17, 15) is 14.9 Å². The molecule has 3 aromatic rings. The molecule has 1 atom stereocenters. The molecule has 0 bridgehead atoms. The smallest absolute Gasteiger partial charge is 0.410 e. The van der Waals surface area contributed by atoms with Gasteiger partial charge in [0.2, 0.25) is 5.91 Å². The van der Waals surface area contributed by atoms with Crippen LogP contribution in [-0.4, -0.2) is 103 Å². The van der Waals surface area contributed by atoms with Crippen molar-refractivity contribution in [2.75, 3.05) is 63.5 Å². The summed E-state index contributed by atoms with van der Waals surface area (Å²) in [5.41, 5.74) is 1.74. The van der Waals surface area contributed by atoms with Crippen molar-refractivity contribution < 1.29 is 28.5 Å². The second-order valence-corrected chi connectivity index (χ2v) is 14.4. The van der Waals surface area contributed by atoms with Crippen LogP contribution in [0.3, 0.4) is 0 Å². The largest absolute Gasteiger partial charge is 0.467 e. The first-order valence-electron chi connectivity index (χ1n) is 17.4. The van der Waals surface area contributed by atoms with E-state index in [1.54, 1.807) is 24.0 Å². The minimum atomic E-state index is -0.616. The van der Waals surface area contributed by atoms with Crippen molar-refractivity contribution in [3.63, 3.8) is 0 Å². The maximum absolute atomic E-state index is 13.0. The topological polar surface area (TPSA) is 134 Å². The Labute approximate surface area is 299 Å². The number of hydrogen-bond acceptors (Lipinski definition) is 11. The van der Waals surface area contributed by atoms with Gasteiger partial charge in [-0.25, -0.2) is 4.79 Å². The molecule has 1 aromatic heterocycles. The fourth-order valence-corrected chi connectivity index (χ4v) is 6.83. The molecule has 1 saturated heterocycles. The van der Waals surface area contributed by atoms with Gasteiger partial charge in [-0.2, -0.15) is 15.2 Å². The first kappa shape index (κ1) is 35.7. The molecule has 13 heteroatoms. The number of rotatable bonds is 11. The van der Waals surface area contributed by atoms with Crippen LogP contribution >= 0.6 is 0 Å². The standard InChI is InChI=1S/C38H47N7O6/c1-7-33(46)45-19-18-44(22-27(45)12-16-39)34-30-13-17-43(32-21-28(50-25-48-6)20-26-10-8-9-11-29(26)32)23-31(30)40-35(41-34)49-24-38(14-15-38)42(5)36(47)51-37(2,3)4/h7-11,20-21,27H,1,12-15,17-19,22-25H2,2-6H3/t27-/m0/s1. The number of anilines is 2. The van der Waals surface area contributed by atoms with E-state index in [4.69, 9.17) is 28.9 Å². The number of nitrogens with zero attached hydrogens (tertiary/aromatic N) is 7. The third-order valence-electron chi connectivity index (χ3n) is 9.76. The number of aromatic nitrogens is 2. The van der Waals surface area contributed by atoms with Crippen molar-refractivity contribution >= 4 is 34.3 Å². The predicted molar refractivity (Wildman–Crippen MR) is 193 cm³/mol. The third-order valence-corrected chi connectivity index (χ3v) is 9.76. The van der Waals surface area contributed by atoms with E-state index in [2.05, 4.69) is 34.6 Å². The minimum absolute atomic E-state index is 0.140. The van der Waals surface area contributed by atoms with Gasteiger partial charge in [0, 0.05) is 63.0 Å². The van der Waals surface area contributed by atoms with E-state index in [1.807, 2.05) is 45.0 Å². The van der Waals surface area contributed by atoms with E-state index >= 15 is 0 Å².